The number of carbonyl (C=O) groups excluding carboxylic acids is 1. The second kappa shape index (κ2) is 5.94. The number of halogens is 1. The van der Waals surface area contributed by atoms with Gasteiger partial charge in [0, 0.05) is 17.0 Å². The fourth-order valence-corrected chi connectivity index (χ4v) is 4.08. The molecule has 0 saturated carbocycles. The van der Waals surface area contributed by atoms with Crippen LogP contribution in [-0.4, -0.2) is 38.4 Å². The second-order valence-corrected chi connectivity index (χ2v) is 8.12. The van der Waals surface area contributed by atoms with Crippen LogP contribution >= 0.6 is 11.6 Å². The molecule has 0 bridgehead atoms. The van der Waals surface area contributed by atoms with Crippen LogP contribution in [0.5, 0.6) is 0 Å². The van der Waals surface area contributed by atoms with Crippen molar-refractivity contribution in [2.24, 2.45) is 0 Å². The molecule has 1 aliphatic rings. The first-order valence-electron chi connectivity index (χ1n) is 6.75. The zero-order valence-electron chi connectivity index (χ0n) is 12.1. The summed E-state index contributed by atoms with van der Waals surface area (Å²) in [5, 5.41) is 6.36. The average Bonchev–Trinajstić information content (AvgIpc) is 2.43. The fraction of sp³-hybridized carbons (Fsp3) is 0.500. The Labute approximate surface area is 130 Å². The van der Waals surface area contributed by atoms with Gasteiger partial charge >= 0.3 is 0 Å². The van der Waals surface area contributed by atoms with Crippen LogP contribution < -0.4 is 10.6 Å². The lowest BCUT2D eigenvalue weighted by Crippen LogP contribution is -2.55. The first-order valence-corrected chi connectivity index (χ1v) is 9.02. The van der Waals surface area contributed by atoms with Crippen molar-refractivity contribution in [2.75, 3.05) is 24.7 Å². The molecule has 2 N–H and O–H groups in total. The minimum absolute atomic E-state index is 0.275. The third-order valence-corrected chi connectivity index (χ3v) is 6.47. The van der Waals surface area contributed by atoms with Crippen LogP contribution in [-0.2, 0) is 14.6 Å². The molecule has 7 heteroatoms. The van der Waals surface area contributed by atoms with Crippen molar-refractivity contribution in [3.8, 4) is 0 Å². The molecular weight excluding hydrogens is 312 g/mol. The second-order valence-electron chi connectivity index (χ2n) is 5.38. The first kappa shape index (κ1) is 16.3. The third-order valence-electron chi connectivity index (χ3n) is 4.05. The van der Waals surface area contributed by atoms with Crippen molar-refractivity contribution in [2.45, 2.75) is 24.5 Å². The van der Waals surface area contributed by atoms with Gasteiger partial charge in [0.25, 0.3) is 0 Å². The number of benzene rings is 1. The fourth-order valence-electron chi connectivity index (χ4n) is 2.58. The molecule has 116 valence electrons. The minimum Gasteiger partial charge on any atom is -0.324 e. The summed E-state index contributed by atoms with van der Waals surface area (Å²) < 4.78 is 23.0. The SMILES string of the molecule is Cc1c(Cl)cccc1NC(=O)C1(S(C)(=O)=O)CCNCC1. The maximum Gasteiger partial charge on any atom is 0.245 e. The number of hydrogen-bond acceptors (Lipinski definition) is 4. The average molecular weight is 331 g/mol. The minimum atomic E-state index is -3.51. The molecule has 1 fully saturated rings. The molecule has 0 spiro atoms. The van der Waals surface area contributed by atoms with Crippen LogP contribution in [0, 0.1) is 6.92 Å². The zero-order valence-corrected chi connectivity index (χ0v) is 13.6. The van der Waals surface area contributed by atoms with E-state index in [9.17, 15) is 13.2 Å². The van der Waals surface area contributed by atoms with E-state index in [4.69, 9.17) is 11.6 Å². The van der Waals surface area contributed by atoms with Gasteiger partial charge in [0.15, 0.2) is 14.6 Å². The Morgan fingerprint density at radius 2 is 1.95 bits per heavy atom. The van der Waals surface area contributed by atoms with Crippen molar-refractivity contribution in [3.05, 3.63) is 28.8 Å². The van der Waals surface area contributed by atoms with Gasteiger partial charge < -0.3 is 10.6 Å². The number of piperidine rings is 1. The van der Waals surface area contributed by atoms with Crippen LogP contribution in [0.25, 0.3) is 0 Å². The molecule has 0 atom stereocenters. The van der Waals surface area contributed by atoms with Gasteiger partial charge in [-0.1, -0.05) is 17.7 Å². The van der Waals surface area contributed by atoms with Gasteiger partial charge in [0.05, 0.1) is 0 Å². The van der Waals surface area contributed by atoms with E-state index in [1.807, 2.05) is 0 Å². The summed E-state index contributed by atoms with van der Waals surface area (Å²) in [6, 6.07) is 5.17. The Bertz CT molecular complexity index is 652. The number of hydrogen-bond donors (Lipinski definition) is 2. The lowest BCUT2D eigenvalue weighted by molar-refractivity contribution is -0.119. The van der Waals surface area contributed by atoms with Gasteiger partial charge in [0.1, 0.15) is 0 Å². The molecule has 1 aromatic carbocycles. The molecule has 21 heavy (non-hydrogen) atoms. The summed E-state index contributed by atoms with van der Waals surface area (Å²) in [4.78, 5) is 12.6. The van der Waals surface area contributed by atoms with Gasteiger partial charge in [-0.05, 0) is 50.6 Å². The van der Waals surface area contributed by atoms with E-state index in [1.54, 1.807) is 25.1 Å². The number of sulfone groups is 1. The summed E-state index contributed by atoms with van der Waals surface area (Å²) in [6.45, 7) is 2.80. The van der Waals surface area contributed by atoms with E-state index < -0.39 is 20.5 Å². The van der Waals surface area contributed by atoms with Gasteiger partial charge in [-0.25, -0.2) is 8.42 Å². The van der Waals surface area contributed by atoms with E-state index in [1.165, 1.54) is 0 Å². The number of anilines is 1. The maximum absolute atomic E-state index is 12.6. The highest BCUT2D eigenvalue weighted by molar-refractivity contribution is 7.92. The van der Waals surface area contributed by atoms with Gasteiger partial charge in [-0.2, -0.15) is 0 Å². The molecule has 2 rings (SSSR count). The van der Waals surface area contributed by atoms with E-state index >= 15 is 0 Å². The largest absolute Gasteiger partial charge is 0.324 e. The van der Waals surface area contributed by atoms with Gasteiger partial charge in [-0.15, -0.1) is 0 Å². The standard InChI is InChI=1S/C14H19ClN2O3S/c1-10-11(15)4-3-5-12(10)17-13(18)14(21(2,19)20)6-8-16-9-7-14/h3-5,16H,6-9H2,1-2H3,(H,17,18). The number of amides is 1. The van der Waals surface area contributed by atoms with Crippen LogP contribution in [0.1, 0.15) is 18.4 Å². The highest BCUT2D eigenvalue weighted by Gasteiger charge is 2.48. The Morgan fingerprint density at radius 3 is 2.52 bits per heavy atom. The van der Waals surface area contributed by atoms with Crippen LogP contribution in [0.15, 0.2) is 18.2 Å². The Morgan fingerprint density at radius 1 is 1.33 bits per heavy atom. The normalized spacial score (nSPS) is 18.2. The Balaban J connectivity index is 2.34. The quantitative estimate of drug-likeness (QED) is 0.885. The molecule has 0 radical (unpaired) electrons. The molecular formula is C14H19ClN2O3S. The number of rotatable bonds is 3. The monoisotopic (exact) mass is 330 g/mol. The Kier molecular flexibility index (Phi) is 4.60. The lowest BCUT2D eigenvalue weighted by atomic mass is 9.95. The van der Waals surface area contributed by atoms with Crippen molar-refractivity contribution < 1.29 is 13.2 Å². The summed E-state index contributed by atoms with van der Waals surface area (Å²) in [5.41, 5.74) is 1.28. The molecule has 1 heterocycles. The predicted octanol–water partition coefficient (Wildman–Crippen LogP) is 1.75. The van der Waals surface area contributed by atoms with Gasteiger partial charge in [0.2, 0.25) is 5.91 Å². The van der Waals surface area contributed by atoms with E-state index in [-0.39, 0.29) is 12.8 Å². The molecule has 1 amide bonds. The first-order chi connectivity index (χ1) is 9.78. The molecule has 0 aromatic heterocycles. The molecule has 1 aliphatic heterocycles. The molecule has 5 nitrogen and oxygen atoms in total. The van der Waals surface area contributed by atoms with Crippen molar-refractivity contribution >= 4 is 33.0 Å². The molecule has 0 unspecified atom stereocenters. The highest BCUT2D eigenvalue weighted by atomic mass is 35.5. The summed E-state index contributed by atoms with van der Waals surface area (Å²) in [6.07, 6.45) is 1.68. The van der Waals surface area contributed by atoms with Crippen molar-refractivity contribution in [1.29, 1.82) is 0 Å². The molecule has 1 aromatic rings. The molecule has 1 saturated heterocycles. The lowest BCUT2D eigenvalue weighted by Gasteiger charge is -2.34. The van der Waals surface area contributed by atoms with Crippen LogP contribution in [0.4, 0.5) is 5.69 Å². The maximum atomic E-state index is 12.6. The van der Waals surface area contributed by atoms with Crippen LogP contribution in [0.3, 0.4) is 0 Å². The zero-order chi connectivity index (χ0) is 15.7. The summed E-state index contributed by atoms with van der Waals surface area (Å²) in [5.74, 6) is -0.475. The van der Waals surface area contributed by atoms with Gasteiger partial charge in [-0.3, -0.25) is 4.79 Å². The number of carbonyl (C=O) groups is 1. The highest BCUT2D eigenvalue weighted by Crippen LogP contribution is 2.31. The smallest absolute Gasteiger partial charge is 0.245 e. The van der Waals surface area contributed by atoms with E-state index in [0.717, 1.165) is 11.8 Å². The topological polar surface area (TPSA) is 75.3 Å². The Hall–Kier alpha value is -1.11. The molecule has 0 aliphatic carbocycles. The summed E-state index contributed by atoms with van der Waals surface area (Å²) >= 11 is 6.03. The number of nitrogens with one attached hydrogen (secondary N) is 2. The van der Waals surface area contributed by atoms with E-state index in [0.29, 0.717) is 23.8 Å². The van der Waals surface area contributed by atoms with Crippen molar-refractivity contribution in [1.82, 2.24) is 5.32 Å². The third kappa shape index (κ3) is 3.07. The van der Waals surface area contributed by atoms with Crippen molar-refractivity contribution in [3.63, 3.8) is 0 Å². The predicted molar refractivity (Wildman–Crippen MR) is 84.5 cm³/mol. The van der Waals surface area contributed by atoms with E-state index in [2.05, 4.69) is 10.6 Å². The van der Waals surface area contributed by atoms with Crippen LogP contribution in [0.2, 0.25) is 5.02 Å². The summed E-state index contributed by atoms with van der Waals surface area (Å²) in [7, 11) is -3.51.